The van der Waals surface area contributed by atoms with Crippen LogP contribution in [0.15, 0.2) is 66.3 Å². The van der Waals surface area contributed by atoms with Gasteiger partial charge in [-0.3, -0.25) is 0 Å². The van der Waals surface area contributed by atoms with Crippen molar-refractivity contribution in [1.29, 1.82) is 0 Å². The molecule has 0 nitrogen and oxygen atoms in total. The highest BCUT2D eigenvalue weighted by Gasteiger charge is 2.22. The molecule has 0 amide bonds. The molecule has 0 fully saturated rings. The molecule has 0 spiro atoms. The van der Waals surface area contributed by atoms with Gasteiger partial charge >= 0.3 is 0 Å². The zero-order valence-electron chi connectivity index (χ0n) is 10.1. The number of fused-ring (bicyclic) bond motifs is 5. The lowest BCUT2D eigenvalue weighted by Crippen LogP contribution is -2.08. The highest BCUT2D eigenvalue weighted by molar-refractivity contribution is 5.93. The Morgan fingerprint density at radius 3 is 2.89 bits per heavy atom. The maximum Gasteiger partial charge on any atom is 0.0130 e. The van der Waals surface area contributed by atoms with Gasteiger partial charge in [-0.25, -0.2) is 0 Å². The van der Waals surface area contributed by atoms with Crippen LogP contribution in [0.2, 0.25) is 0 Å². The molecule has 0 heteroatoms. The van der Waals surface area contributed by atoms with E-state index in [2.05, 4.69) is 66.8 Å². The lowest BCUT2D eigenvalue weighted by molar-refractivity contribution is 0.812. The fourth-order valence-electron chi connectivity index (χ4n) is 3.11. The molecular weight excluding hydrogens is 216 g/mol. The molecule has 18 heavy (non-hydrogen) atoms. The van der Waals surface area contributed by atoms with Crippen LogP contribution < -0.4 is 0 Å². The fourth-order valence-corrected chi connectivity index (χ4v) is 3.11. The van der Waals surface area contributed by atoms with Gasteiger partial charge in [0.15, 0.2) is 0 Å². The van der Waals surface area contributed by atoms with Crippen LogP contribution in [-0.2, 0) is 0 Å². The molecule has 0 saturated heterocycles. The minimum Gasteiger partial charge on any atom is -0.0836 e. The van der Waals surface area contributed by atoms with E-state index < -0.39 is 0 Å². The Bertz CT molecular complexity index is 714. The van der Waals surface area contributed by atoms with Crippen molar-refractivity contribution in [2.24, 2.45) is 0 Å². The molecule has 1 unspecified atom stereocenters. The fraction of sp³-hybridized carbons (Fsp3) is 0.111. The van der Waals surface area contributed by atoms with Gasteiger partial charge in [0.1, 0.15) is 0 Å². The van der Waals surface area contributed by atoms with Crippen LogP contribution in [0.4, 0.5) is 0 Å². The van der Waals surface area contributed by atoms with Gasteiger partial charge in [0, 0.05) is 5.92 Å². The van der Waals surface area contributed by atoms with Crippen LogP contribution in [0.3, 0.4) is 0 Å². The molecule has 4 rings (SSSR count). The summed E-state index contributed by atoms with van der Waals surface area (Å²) < 4.78 is 0. The van der Waals surface area contributed by atoms with Crippen molar-refractivity contribution in [2.45, 2.75) is 12.3 Å². The van der Waals surface area contributed by atoms with Crippen molar-refractivity contribution in [3.8, 4) is 0 Å². The molecule has 86 valence electrons. The molecule has 0 radical (unpaired) electrons. The van der Waals surface area contributed by atoms with Crippen molar-refractivity contribution in [3.63, 3.8) is 0 Å². The number of rotatable bonds is 0. The second kappa shape index (κ2) is 3.71. The molecule has 0 heterocycles. The lowest BCUT2D eigenvalue weighted by Gasteiger charge is -2.26. The van der Waals surface area contributed by atoms with E-state index in [4.69, 9.17) is 0 Å². The summed E-state index contributed by atoms with van der Waals surface area (Å²) in [6.45, 7) is 0. The van der Waals surface area contributed by atoms with E-state index >= 15 is 0 Å². The molecule has 2 aromatic carbocycles. The summed E-state index contributed by atoms with van der Waals surface area (Å²) in [4.78, 5) is 0. The van der Waals surface area contributed by atoms with Crippen LogP contribution in [0, 0.1) is 0 Å². The summed E-state index contributed by atoms with van der Waals surface area (Å²) in [6, 6.07) is 13.2. The third-order valence-electron chi connectivity index (χ3n) is 4.02. The van der Waals surface area contributed by atoms with Gasteiger partial charge in [-0.1, -0.05) is 66.8 Å². The topological polar surface area (TPSA) is 0 Å². The standard InChI is InChI=1S/C18H14/c1-3-7-15-13(5-1)9-11-18-16-8-4-2-6-14(16)10-12-17(15)18/h1-7,9-12,16H,8H2. The molecule has 0 N–H and O–H groups in total. The van der Waals surface area contributed by atoms with Crippen molar-refractivity contribution in [3.05, 3.63) is 77.4 Å². The van der Waals surface area contributed by atoms with Crippen LogP contribution in [-0.4, -0.2) is 0 Å². The van der Waals surface area contributed by atoms with Gasteiger partial charge < -0.3 is 0 Å². The zero-order valence-corrected chi connectivity index (χ0v) is 10.1. The van der Waals surface area contributed by atoms with Crippen molar-refractivity contribution >= 4 is 16.8 Å². The molecule has 0 aromatic heterocycles. The van der Waals surface area contributed by atoms with E-state index in [9.17, 15) is 0 Å². The predicted octanol–water partition coefficient (Wildman–Crippen LogP) is 4.84. The van der Waals surface area contributed by atoms with Crippen molar-refractivity contribution in [2.75, 3.05) is 0 Å². The Hall–Kier alpha value is -2.08. The highest BCUT2D eigenvalue weighted by Crippen LogP contribution is 2.40. The largest absolute Gasteiger partial charge is 0.0836 e. The summed E-state index contributed by atoms with van der Waals surface area (Å²) in [7, 11) is 0. The molecule has 2 aliphatic carbocycles. The highest BCUT2D eigenvalue weighted by atomic mass is 14.3. The molecule has 2 aliphatic rings. The summed E-state index contributed by atoms with van der Waals surface area (Å²) in [6.07, 6.45) is 12.4. The van der Waals surface area contributed by atoms with E-state index in [0.29, 0.717) is 5.92 Å². The van der Waals surface area contributed by atoms with Crippen LogP contribution in [0.25, 0.3) is 16.8 Å². The van der Waals surface area contributed by atoms with E-state index in [-0.39, 0.29) is 0 Å². The molecule has 2 aromatic rings. The predicted molar refractivity (Wildman–Crippen MR) is 77.6 cm³/mol. The summed E-state index contributed by atoms with van der Waals surface area (Å²) in [5.74, 6) is 0.555. The second-order valence-corrected chi connectivity index (χ2v) is 5.01. The Morgan fingerprint density at radius 1 is 0.944 bits per heavy atom. The first-order valence-corrected chi connectivity index (χ1v) is 6.50. The maximum atomic E-state index is 2.30. The van der Waals surface area contributed by atoms with Gasteiger partial charge in [-0.15, -0.1) is 0 Å². The van der Waals surface area contributed by atoms with Crippen molar-refractivity contribution in [1.82, 2.24) is 0 Å². The third-order valence-corrected chi connectivity index (χ3v) is 4.02. The Balaban J connectivity index is 2.02. The second-order valence-electron chi connectivity index (χ2n) is 5.01. The van der Waals surface area contributed by atoms with Gasteiger partial charge in [0.2, 0.25) is 0 Å². The van der Waals surface area contributed by atoms with E-state index in [1.807, 2.05) is 0 Å². The first-order chi connectivity index (χ1) is 8.93. The normalized spacial score (nSPS) is 20.4. The van der Waals surface area contributed by atoms with Gasteiger partial charge in [0.05, 0.1) is 0 Å². The minimum absolute atomic E-state index is 0.555. The third kappa shape index (κ3) is 1.32. The molecular formula is C18H14. The van der Waals surface area contributed by atoms with Gasteiger partial charge in [-0.2, -0.15) is 0 Å². The maximum absolute atomic E-state index is 2.30. The Labute approximate surface area is 107 Å². The summed E-state index contributed by atoms with van der Waals surface area (Å²) >= 11 is 0. The van der Waals surface area contributed by atoms with Crippen LogP contribution >= 0.6 is 0 Å². The lowest BCUT2D eigenvalue weighted by atomic mass is 9.78. The monoisotopic (exact) mass is 230 g/mol. The van der Waals surface area contributed by atoms with Crippen LogP contribution in [0.5, 0.6) is 0 Å². The van der Waals surface area contributed by atoms with Gasteiger partial charge in [-0.05, 0) is 33.9 Å². The minimum atomic E-state index is 0.555. The Kier molecular flexibility index (Phi) is 2.04. The first-order valence-electron chi connectivity index (χ1n) is 6.50. The van der Waals surface area contributed by atoms with Gasteiger partial charge in [0.25, 0.3) is 0 Å². The first kappa shape index (κ1) is 9.90. The summed E-state index contributed by atoms with van der Waals surface area (Å²) in [5.41, 5.74) is 4.33. The quantitative estimate of drug-likeness (QED) is 0.607. The average Bonchev–Trinajstić information content (AvgIpc) is 2.46. The smallest absolute Gasteiger partial charge is 0.0130 e. The molecule has 0 bridgehead atoms. The molecule has 1 atom stereocenters. The molecule has 0 saturated carbocycles. The summed E-state index contributed by atoms with van der Waals surface area (Å²) in [5, 5.41) is 2.71. The van der Waals surface area contributed by atoms with E-state index in [1.54, 1.807) is 0 Å². The number of allylic oxidation sites excluding steroid dienone is 5. The van der Waals surface area contributed by atoms with E-state index in [0.717, 1.165) is 6.42 Å². The number of hydrogen-bond donors (Lipinski definition) is 0. The molecule has 0 aliphatic heterocycles. The average molecular weight is 230 g/mol. The number of benzene rings is 2. The van der Waals surface area contributed by atoms with E-state index in [1.165, 1.54) is 27.5 Å². The Morgan fingerprint density at radius 2 is 1.89 bits per heavy atom. The zero-order chi connectivity index (χ0) is 11.9. The SMILES string of the molecule is C1=CCC2C(=C1)C=Cc1c2ccc2ccccc12. The van der Waals surface area contributed by atoms with Crippen LogP contribution in [0.1, 0.15) is 23.5 Å². The van der Waals surface area contributed by atoms with Crippen molar-refractivity contribution < 1.29 is 0 Å². The number of hydrogen-bond acceptors (Lipinski definition) is 0.